The number of carboxylic acids is 1. The molecule has 1 atom stereocenters. The predicted octanol–water partition coefficient (Wildman–Crippen LogP) is 1.90. The van der Waals surface area contributed by atoms with E-state index in [4.69, 9.17) is 5.73 Å². The topological polar surface area (TPSA) is 92.4 Å². The Kier molecular flexibility index (Phi) is 5.99. The molecule has 5 nitrogen and oxygen atoms in total. The molecule has 1 aliphatic carbocycles. The van der Waals surface area contributed by atoms with Gasteiger partial charge in [0.05, 0.1) is 6.04 Å². The smallest absolute Gasteiger partial charge is 0.329 e. The Bertz CT molecular complexity index is 347. The first-order valence-electron chi connectivity index (χ1n) is 7.61. The van der Waals surface area contributed by atoms with Gasteiger partial charge in [-0.05, 0) is 43.9 Å². The average Bonchev–Trinajstić information content (AvgIpc) is 2.38. The van der Waals surface area contributed by atoms with Gasteiger partial charge in [-0.25, -0.2) is 4.79 Å². The van der Waals surface area contributed by atoms with Gasteiger partial charge in [0.25, 0.3) is 0 Å². The minimum absolute atomic E-state index is 0.312. The van der Waals surface area contributed by atoms with E-state index < -0.39 is 17.6 Å². The van der Waals surface area contributed by atoms with Crippen molar-refractivity contribution < 1.29 is 14.7 Å². The van der Waals surface area contributed by atoms with Gasteiger partial charge >= 0.3 is 5.97 Å². The zero-order valence-electron chi connectivity index (χ0n) is 12.8. The molecule has 0 heterocycles. The Hall–Kier alpha value is -1.10. The van der Waals surface area contributed by atoms with Crippen LogP contribution in [0, 0.1) is 11.8 Å². The third kappa shape index (κ3) is 4.20. The van der Waals surface area contributed by atoms with E-state index in [1.165, 1.54) is 0 Å². The molecule has 1 amide bonds. The summed E-state index contributed by atoms with van der Waals surface area (Å²) in [6, 6.07) is -0.630. The van der Waals surface area contributed by atoms with Gasteiger partial charge in [-0.3, -0.25) is 4.79 Å². The van der Waals surface area contributed by atoms with Gasteiger partial charge in [0.15, 0.2) is 0 Å². The van der Waals surface area contributed by atoms with Crippen LogP contribution in [0.5, 0.6) is 0 Å². The highest BCUT2D eigenvalue weighted by Gasteiger charge is 2.43. The number of aliphatic carboxylic acids is 1. The molecule has 0 aromatic rings. The molecule has 0 aromatic carbocycles. The summed E-state index contributed by atoms with van der Waals surface area (Å²) in [6.45, 7) is 6.11. The van der Waals surface area contributed by atoms with E-state index in [1.807, 2.05) is 13.8 Å². The number of carboxylic acid groups (broad SMARTS) is 1. The highest BCUT2D eigenvalue weighted by atomic mass is 16.4. The second kappa shape index (κ2) is 7.07. The lowest BCUT2D eigenvalue weighted by Crippen LogP contribution is -2.59. The number of nitrogens with two attached hydrogens (primary N) is 1. The van der Waals surface area contributed by atoms with Gasteiger partial charge in [0.1, 0.15) is 5.54 Å². The van der Waals surface area contributed by atoms with E-state index in [0.29, 0.717) is 31.1 Å². The van der Waals surface area contributed by atoms with Crippen LogP contribution in [-0.2, 0) is 9.59 Å². The fourth-order valence-corrected chi connectivity index (χ4v) is 2.91. The highest BCUT2D eigenvalue weighted by molar-refractivity contribution is 5.89. The molecule has 1 rings (SSSR count). The van der Waals surface area contributed by atoms with E-state index in [1.54, 1.807) is 0 Å². The zero-order valence-corrected chi connectivity index (χ0v) is 12.8. The minimum atomic E-state index is -1.11. The Morgan fingerprint density at radius 1 is 1.35 bits per heavy atom. The maximum atomic E-state index is 12.1. The highest BCUT2D eigenvalue weighted by Crippen LogP contribution is 2.34. The van der Waals surface area contributed by atoms with Gasteiger partial charge in [-0.2, -0.15) is 0 Å². The fraction of sp³-hybridized carbons (Fsp3) is 0.867. The quantitative estimate of drug-likeness (QED) is 0.694. The molecule has 1 fully saturated rings. The predicted molar refractivity (Wildman–Crippen MR) is 78.2 cm³/mol. The zero-order chi connectivity index (χ0) is 15.3. The maximum absolute atomic E-state index is 12.1. The summed E-state index contributed by atoms with van der Waals surface area (Å²) in [6.07, 6.45) is 4.34. The van der Waals surface area contributed by atoms with E-state index in [9.17, 15) is 14.7 Å². The van der Waals surface area contributed by atoms with Crippen LogP contribution in [0.25, 0.3) is 0 Å². The molecule has 0 spiro atoms. The van der Waals surface area contributed by atoms with Crippen molar-refractivity contribution in [3.63, 3.8) is 0 Å². The molecule has 1 saturated carbocycles. The average molecular weight is 284 g/mol. The maximum Gasteiger partial charge on any atom is 0.329 e. The van der Waals surface area contributed by atoms with E-state index in [-0.39, 0.29) is 5.91 Å². The standard InChI is InChI=1S/C15H28N2O3/c1-4-11-5-7-15(8-6-11,14(19)20)17-13(18)12(16)9-10(2)3/h10-12H,4-9,16H2,1-3H3,(H,17,18)(H,19,20)/t11?,12-,15?/m1/s1. The molecule has 4 N–H and O–H groups in total. The molecule has 0 aliphatic heterocycles. The van der Waals surface area contributed by atoms with E-state index in [0.717, 1.165) is 19.3 Å². The number of amides is 1. The lowest BCUT2D eigenvalue weighted by Gasteiger charge is -2.37. The number of rotatable bonds is 6. The lowest BCUT2D eigenvalue weighted by atomic mass is 9.75. The van der Waals surface area contributed by atoms with Crippen molar-refractivity contribution in [2.24, 2.45) is 17.6 Å². The Morgan fingerprint density at radius 3 is 2.30 bits per heavy atom. The first-order chi connectivity index (χ1) is 9.30. The second-order valence-electron chi connectivity index (χ2n) is 6.46. The summed E-state index contributed by atoms with van der Waals surface area (Å²) in [4.78, 5) is 23.7. The van der Waals surface area contributed by atoms with Crippen molar-refractivity contribution in [3.8, 4) is 0 Å². The van der Waals surface area contributed by atoms with Crippen molar-refractivity contribution in [2.75, 3.05) is 0 Å². The SMILES string of the molecule is CCC1CCC(NC(=O)[C@H](N)CC(C)C)(C(=O)O)CC1. The van der Waals surface area contributed by atoms with Crippen LogP contribution < -0.4 is 11.1 Å². The number of hydrogen-bond acceptors (Lipinski definition) is 3. The number of carbonyl (C=O) groups excluding carboxylic acids is 1. The monoisotopic (exact) mass is 284 g/mol. The Morgan fingerprint density at radius 2 is 1.90 bits per heavy atom. The van der Waals surface area contributed by atoms with Crippen LogP contribution in [0.4, 0.5) is 0 Å². The van der Waals surface area contributed by atoms with Crippen LogP contribution in [0.1, 0.15) is 59.3 Å². The van der Waals surface area contributed by atoms with Gasteiger partial charge in [0.2, 0.25) is 5.91 Å². The van der Waals surface area contributed by atoms with Crippen LogP contribution in [0.3, 0.4) is 0 Å². The summed E-state index contributed by atoms with van der Waals surface area (Å²) in [5.41, 5.74) is 4.73. The molecule has 5 heteroatoms. The molecular weight excluding hydrogens is 256 g/mol. The van der Waals surface area contributed by atoms with Crippen LogP contribution in [-0.4, -0.2) is 28.6 Å². The third-order valence-corrected chi connectivity index (χ3v) is 4.37. The van der Waals surface area contributed by atoms with Crippen molar-refractivity contribution >= 4 is 11.9 Å². The van der Waals surface area contributed by atoms with Crippen molar-refractivity contribution in [2.45, 2.75) is 70.9 Å². The third-order valence-electron chi connectivity index (χ3n) is 4.37. The first-order valence-corrected chi connectivity index (χ1v) is 7.61. The van der Waals surface area contributed by atoms with Gasteiger partial charge in [-0.15, -0.1) is 0 Å². The molecule has 20 heavy (non-hydrogen) atoms. The summed E-state index contributed by atoms with van der Waals surface area (Å²) in [5.74, 6) is -0.385. The fourth-order valence-electron chi connectivity index (χ4n) is 2.91. The first kappa shape index (κ1) is 17.0. The molecule has 0 unspecified atom stereocenters. The van der Waals surface area contributed by atoms with Crippen LogP contribution >= 0.6 is 0 Å². The lowest BCUT2D eigenvalue weighted by molar-refractivity contribution is -0.150. The molecular formula is C15H28N2O3. The largest absolute Gasteiger partial charge is 0.480 e. The Labute approximate surface area is 121 Å². The summed E-state index contributed by atoms with van der Waals surface area (Å²) < 4.78 is 0. The number of carbonyl (C=O) groups is 2. The van der Waals surface area contributed by atoms with Crippen molar-refractivity contribution in [1.82, 2.24) is 5.32 Å². The van der Waals surface area contributed by atoms with E-state index >= 15 is 0 Å². The van der Waals surface area contributed by atoms with E-state index in [2.05, 4.69) is 12.2 Å². The number of nitrogens with one attached hydrogen (secondary N) is 1. The molecule has 0 bridgehead atoms. The molecule has 0 saturated heterocycles. The minimum Gasteiger partial charge on any atom is -0.480 e. The molecule has 0 radical (unpaired) electrons. The Balaban J connectivity index is 2.69. The van der Waals surface area contributed by atoms with Gasteiger partial charge < -0.3 is 16.2 Å². The molecule has 116 valence electrons. The summed E-state index contributed by atoms with van der Waals surface area (Å²) in [7, 11) is 0. The summed E-state index contributed by atoms with van der Waals surface area (Å²) in [5, 5.41) is 12.2. The van der Waals surface area contributed by atoms with Gasteiger partial charge in [-0.1, -0.05) is 27.2 Å². The molecule has 1 aliphatic rings. The van der Waals surface area contributed by atoms with Gasteiger partial charge in [0, 0.05) is 0 Å². The summed E-state index contributed by atoms with van der Waals surface area (Å²) >= 11 is 0. The van der Waals surface area contributed by atoms with Crippen molar-refractivity contribution in [3.05, 3.63) is 0 Å². The second-order valence-corrected chi connectivity index (χ2v) is 6.46. The van der Waals surface area contributed by atoms with Crippen LogP contribution in [0.15, 0.2) is 0 Å². The van der Waals surface area contributed by atoms with Crippen molar-refractivity contribution in [1.29, 1.82) is 0 Å². The normalized spacial score (nSPS) is 28.1. The van der Waals surface area contributed by atoms with Crippen LogP contribution in [0.2, 0.25) is 0 Å². The molecule has 0 aromatic heterocycles. The number of hydrogen-bond donors (Lipinski definition) is 3.